The molecule has 2 rings (SSSR count). The van der Waals surface area contributed by atoms with Crippen molar-refractivity contribution in [3.8, 4) is 11.5 Å². The summed E-state index contributed by atoms with van der Waals surface area (Å²) in [5, 5.41) is 0. The Labute approximate surface area is 71.1 Å². The van der Waals surface area contributed by atoms with Crippen molar-refractivity contribution in [2.24, 2.45) is 0 Å². The largest absolute Gasteiger partial charge is 0.453 e. The molecular formula is C9H11NO2. The summed E-state index contributed by atoms with van der Waals surface area (Å²) in [6.07, 6.45) is 0. The third kappa shape index (κ3) is 0.826. The van der Waals surface area contributed by atoms with Gasteiger partial charge in [0.05, 0.1) is 5.69 Å². The molecule has 1 heterocycles. The normalized spacial score (nSPS) is 13.5. The molecule has 3 nitrogen and oxygen atoms in total. The lowest BCUT2D eigenvalue weighted by molar-refractivity contribution is 0.174. The highest BCUT2D eigenvalue weighted by atomic mass is 16.7. The standard InChI is InChI=1S/C9H11NO2/c1-5-3-7-9(12-4-11-7)8(10)6(5)2/h3H,4,10H2,1-2H3. The molecule has 0 radical (unpaired) electrons. The molecular weight excluding hydrogens is 154 g/mol. The van der Waals surface area contributed by atoms with E-state index in [-0.39, 0.29) is 6.79 Å². The van der Waals surface area contributed by atoms with Crippen molar-refractivity contribution in [2.45, 2.75) is 13.8 Å². The van der Waals surface area contributed by atoms with Crippen LogP contribution < -0.4 is 15.2 Å². The molecule has 1 aliphatic heterocycles. The van der Waals surface area contributed by atoms with Crippen LogP contribution in [0.4, 0.5) is 5.69 Å². The van der Waals surface area contributed by atoms with Gasteiger partial charge in [-0.3, -0.25) is 0 Å². The molecule has 0 saturated heterocycles. The van der Waals surface area contributed by atoms with Crippen molar-refractivity contribution in [3.05, 3.63) is 17.2 Å². The van der Waals surface area contributed by atoms with Gasteiger partial charge in [-0.2, -0.15) is 0 Å². The second-order valence-electron chi connectivity index (χ2n) is 2.97. The zero-order valence-corrected chi connectivity index (χ0v) is 7.18. The SMILES string of the molecule is Cc1cc2c(c(N)c1C)OCO2. The number of rotatable bonds is 0. The molecule has 64 valence electrons. The fourth-order valence-corrected chi connectivity index (χ4v) is 1.29. The summed E-state index contributed by atoms with van der Waals surface area (Å²) in [7, 11) is 0. The quantitative estimate of drug-likeness (QED) is 0.594. The van der Waals surface area contributed by atoms with E-state index in [1.54, 1.807) is 0 Å². The Balaban J connectivity index is 2.67. The predicted octanol–water partition coefficient (Wildman–Crippen LogP) is 1.61. The molecule has 0 spiro atoms. The summed E-state index contributed by atoms with van der Waals surface area (Å²) in [5.74, 6) is 1.45. The highest BCUT2D eigenvalue weighted by Crippen LogP contribution is 2.40. The molecule has 0 amide bonds. The van der Waals surface area contributed by atoms with Gasteiger partial charge < -0.3 is 15.2 Å². The van der Waals surface area contributed by atoms with E-state index in [4.69, 9.17) is 15.2 Å². The van der Waals surface area contributed by atoms with E-state index in [0.717, 1.165) is 16.9 Å². The fourth-order valence-electron chi connectivity index (χ4n) is 1.29. The number of nitrogen functional groups attached to an aromatic ring is 1. The van der Waals surface area contributed by atoms with Gasteiger partial charge in [0.15, 0.2) is 11.5 Å². The third-order valence-electron chi connectivity index (χ3n) is 2.23. The minimum absolute atomic E-state index is 0.280. The number of hydrogen-bond acceptors (Lipinski definition) is 3. The van der Waals surface area contributed by atoms with Crippen LogP contribution in [0.15, 0.2) is 6.07 Å². The molecule has 2 N–H and O–H groups in total. The zero-order chi connectivity index (χ0) is 8.72. The van der Waals surface area contributed by atoms with Crippen molar-refractivity contribution in [3.63, 3.8) is 0 Å². The minimum atomic E-state index is 0.280. The van der Waals surface area contributed by atoms with Crippen molar-refractivity contribution in [1.29, 1.82) is 0 Å². The summed E-state index contributed by atoms with van der Waals surface area (Å²) in [6.45, 7) is 4.27. The van der Waals surface area contributed by atoms with Gasteiger partial charge in [-0.05, 0) is 31.0 Å². The molecule has 1 aliphatic rings. The van der Waals surface area contributed by atoms with Crippen LogP contribution in [0.5, 0.6) is 11.5 Å². The second-order valence-corrected chi connectivity index (χ2v) is 2.97. The van der Waals surface area contributed by atoms with Gasteiger partial charge in [0.25, 0.3) is 0 Å². The summed E-state index contributed by atoms with van der Waals surface area (Å²) in [4.78, 5) is 0. The highest BCUT2D eigenvalue weighted by Gasteiger charge is 2.18. The van der Waals surface area contributed by atoms with Crippen LogP contribution in [0.2, 0.25) is 0 Å². The number of nitrogens with two attached hydrogens (primary N) is 1. The zero-order valence-electron chi connectivity index (χ0n) is 7.18. The maximum Gasteiger partial charge on any atom is 0.231 e. The van der Waals surface area contributed by atoms with E-state index in [1.165, 1.54) is 0 Å². The van der Waals surface area contributed by atoms with Crippen molar-refractivity contribution < 1.29 is 9.47 Å². The molecule has 12 heavy (non-hydrogen) atoms. The predicted molar refractivity (Wildman–Crippen MR) is 46.5 cm³/mol. The molecule has 0 aliphatic carbocycles. The van der Waals surface area contributed by atoms with Crippen LogP contribution in [0.1, 0.15) is 11.1 Å². The molecule has 0 atom stereocenters. The van der Waals surface area contributed by atoms with Gasteiger partial charge in [0.1, 0.15) is 0 Å². The molecule has 0 saturated carbocycles. The highest BCUT2D eigenvalue weighted by molar-refractivity contribution is 5.67. The molecule has 0 bridgehead atoms. The Morgan fingerprint density at radius 1 is 1.33 bits per heavy atom. The Morgan fingerprint density at radius 2 is 2.08 bits per heavy atom. The number of aryl methyl sites for hydroxylation is 1. The van der Waals surface area contributed by atoms with Crippen LogP contribution in [0.3, 0.4) is 0 Å². The maximum atomic E-state index is 5.83. The monoisotopic (exact) mass is 165 g/mol. The summed E-state index contributed by atoms with van der Waals surface area (Å²) >= 11 is 0. The van der Waals surface area contributed by atoms with Crippen LogP contribution in [-0.4, -0.2) is 6.79 Å². The average Bonchev–Trinajstić information content (AvgIpc) is 2.48. The van der Waals surface area contributed by atoms with Crippen molar-refractivity contribution >= 4 is 5.69 Å². The van der Waals surface area contributed by atoms with E-state index in [2.05, 4.69) is 0 Å². The lowest BCUT2D eigenvalue weighted by Gasteiger charge is -2.06. The molecule has 1 aromatic rings. The van der Waals surface area contributed by atoms with Crippen molar-refractivity contribution in [2.75, 3.05) is 12.5 Å². The molecule has 0 fully saturated rings. The number of benzene rings is 1. The number of fused-ring (bicyclic) bond motifs is 1. The lowest BCUT2D eigenvalue weighted by Crippen LogP contribution is -1.96. The van der Waals surface area contributed by atoms with Gasteiger partial charge in [-0.1, -0.05) is 0 Å². The van der Waals surface area contributed by atoms with E-state index in [9.17, 15) is 0 Å². The van der Waals surface area contributed by atoms with Crippen molar-refractivity contribution in [1.82, 2.24) is 0 Å². The minimum Gasteiger partial charge on any atom is -0.453 e. The lowest BCUT2D eigenvalue weighted by atomic mass is 10.1. The van der Waals surface area contributed by atoms with Crippen LogP contribution in [0.25, 0.3) is 0 Å². The summed E-state index contributed by atoms with van der Waals surface area (Å²) in [5.41, 5.74) is 8.73. The summed E-state index contributed by atoms with van der Waals surface area (Å²) < 4.78 is 10.4. The van der Waals surface area contributed by atoms with Crippen LogP contribution in [0, 0.1) is 13.8 Å². The summed E-state index contributed by atoms with van der Waals surface area (Å²) in [6, 6.07) is 1.95. The maximum absolute atomic E-state index is 5.83. The number of hydrogen-bond donors (Lipinski definition) is 1. The number of ether oxygens (including phenoxy) is 2. The van der Waals surface area contributed by atoms with Crippen LogP contribution in [-0.2, 0) is 0 Å². The Bertz CT molecular complexity index is 334. The molecule has 0 unspecified atom stereocenters. The van der Waals surface area contributed by atoms with E-state index < -0.39 is 0 Å². The first-order valence-electron chi connectivity index (χ1n) is 3.85. The Hall–Kier alpha value is -1.38. The first kappa shape index (κ1) is 7.28. The van der Waals surface area contributed by atoms with Gasteiger partial charge in [0, 0.05) is 0 Å². The molecule has 0 aromatic heterocycles. The van der Waals surface area contributed by atoms with Gasteiger partial charge in [-0.25, -0.2) is 0 Å². The smallest absolute Gasteiger partial charge is 0.231 e. The topological polar surface area (TPSA) is 44.5 Å². The van der Waals surface area contributed by atoms with Crippen LogP contribution >= 0.6 is 0 Å². The molecule has 3 heteroatoms. The first-order chi connectivity index (χ1) is 5.70. The van der Waals surface area contributed by atoms with Gasteiger partial charge in [-0.15, -0.1) is 0 Å². The average molecular weight is 165 g/mol. The van der Waals surface area contributed by atoms with Gasteiger partial charge >= 0.3 is 0 Å². The van der Waals surface area contributed by atoms with E-state index in [0.29, 0.717) is 11.4 Å². The third-order valence-corrected chi connectivity index (χ3v) is 2.23. The fraction of sp³-hybridized carbons (Fsp3) is 0.333. The van der Waals surface area contributed by atoms with E-state index in [1.807, 2.05) is 19.9 Å². The Kier molecular flexibility index (Phi) is 1.40. The first-order valence-corrected chi connectivity index (χ1v) is 3.85. The second kappa shape index (κ2) is 2.30. The number of anilines is 1. The van der Waals surface area contributed by atoms with E-state index >= 15 is 0 Å². The Morgan fingerprint density at radius 3 is 2.83 bits per heavy atom. The van der Waals surface area contributed by atoms with Gasteiger partial charge in [0.2, 0.25) is 6.79 Å². The molecule has 1 aromatic carbocycles.